The van der Waals surface area contributed by atoms with E-state index in [0.29, 0.717) is 0 Å². The zero-order chi connectivity index (χ0) is 9.60. The standard InChI is InChI=1S/C12H14N2/c13-12(5-6-12)8-9-2-1-3-11-10(9)4-7-14-11/h1-4,7,14H,5-6,8,13H2. The molecule has 2 heteroatoms. The minimum Gasteiger partial charge on any atom is -0.361 e. The predicted octanol–water partition coefficient (Wildman–Crippen LogP) is 2.20. The molecule has 3 rings (SSSR count). The summed E-state index contributed by atoms with van der Waals surface area (Å²) >= 11 is 0. The van der Waals surface area contributed by atoms with Gasteiger partial charge in [-0.1, -0.05) is 12.1 Å². The predicted molar refractivity (Wildman–Crippen MR) is 58.2 cm³/mol. The van der Waals surface area contributed by atoms with E-state index in [1.54, 1.807) is 0 Å². The molecule has 1 aliphatic carbocycles. The molecule has 1 fully saturated rings. The molecule has 2 aromatic rings. The first-order valence-electron chi connectivity index (χ1n) is 5.11. The third-order valence-corrected chi connectivity index (χ3v) is 3.12. The van der Waals surface area contributed by atoms with Crippen molar-refractivity contribution < 1.29 is 0 Å². The third kappa shape index (κ3) is 1.23. The molecule has 0 bridgehead atoms. The third-order valence-electron chi connectivity index (χ3n) is 3.12. The van der Waals surface area contributed by atoms with Crippen molar-refractivity contribution in [3.05, 3.63) is 36.0 Å². The molecule has 1 saturated carbocycles. The van der Waals surface area contributed by atoms with Crippen LogP contribution in [0.25, 0.3) is 10.9 Å². The average Bonchev–Trinajstić information content (AvgIpc) is 2.73. The molecule has 1 aliphatic rings. The maximum atomic E-state index is 6.13. The Labute approximate surface area is 83.1 Å². The van der Waals surface area contributed by atoms with Gasteiger partial charge in [0.2, 0.25) is 0 Å². The van der Waals surface area contributed by atoms with E-state index in [4.69, 9.17) is 5.73 Å². The van der Waals surface area contributed by atoms with Gasteiger partial charge in [0, 0.05) is 22.6 Å². The van der Waals surface area contributed by atoms with E-state index in [9.17, 15) is 0 Å². The van der Waals surface area contributed by atoms with E-state index in [-0.39, 0.29) is 5.54 Å². The SMILES string of the molecule is NC1(Cc2cccc3[nH]ccc23)CC1. The van der Waals surface area contributed by atoms with Gasteiger partial charge in [0.05, 0.1) is 0 Å². The van der Waals surface area contributed by atoms with Gasteiger partial charge in [0.15, 0.2) is 0 Å². The Balaban J connectivity index is 2.06. The van der Waals surface area contributed by atoms with Crippen LogP contribution in [0.4, 0.5) is 0 Å². The van der Waals surface area contributed by atoms with Crippen molar-refractivity contribution in [1.82, 2.24) is 4.98 Å². The number of rotatable bonds is 2. The summed E-state index contributed by atoms with van der Waals surface area (Å²) < 4.78 is 0. The second-order valence-corrected chi connectivity index (χ2v) is 4.40. The molecule has 0 aliphatic heterocycles. The summed E-state index contributed by atoms with van der Waals surface area (Å²) in [6, 6.07) is 8.52. The van der Waals surface area contributed by atoms with Gasteiger partial charge in [-0.25, -0.2) is 0 Å². The van der Waals surface area contributed by atoms with E-state index in [2.05, 4.69) is 29.2 Å². The van der Waals surface area contributed by atoms with Crippen molar-refractivity contribution in [1.29, 1.82) is 0 Å². The monoisotopic (exact) mass is 186 g/mol. The number of hydrogen-bond acceptors (Lipinski definition) is 1. The van der Waals surface area contributed by atoms with Crippen LogP contribution in [0.2, 0.25) is 0 Å². The van der Waals surface area contributed by atoms with E-state index in [1.807, 2.05) is 6.20 Å². The second kappa shape index (κ2) is 2.61. The number of fused-ring (bicyclic) bond motifs is 1. The van der Waals surface area contributed by atoms with Gasteiger partial charge in [0.25, 0.3) is 0 Å². The molecule has 1 aromatic heterocycles. The quantitative estimate of drug-likeness (QED) is 0.741. The van der Waals surface area contributed by atoms with Gasteiger partial charge in [0.1, 0.15) is 0 Å². The molecular formula is C12H14N2. The van der Waals surface area contributed by atoms with Gasteiger partial charge in [-0.05, 0) is 37.0 Å². The number of benzene rings is 1. The maximum Gasteiger partial charge on any atom is 0.0456 e. The molecule has 0 spiro atoms. The number of hydrogen-bond donors (Lipinski definition) is 2. The molecule has 0 radical (unpaired) electrons. The van der Waals surface area contributed by atoms with Gasteiger partial charge in [-0.3, -0.25) is 0 Å². The van der Waals surface area contributed by atoms with E-state index in [0.717, 1.165) is 6.42 Å². The second-order valence-electron chi connectivity index (χ2n) is 4.40. The fourth-order valence-electron chi connectivity index (χ4n) is 2.02. The Morgan fingerprint density at radius 1 is 1.29 bits per heavy atom. The molecule has 1 aromatic carbocycles. The molecule has 1 heterocycles. The number of nitrogens with two attached hydrogens (primary N) is 1. The average molecular weight is 186 g/mol. The first-order valence-corrected chi connectivity index (χ1v) is 5.11. The van der Waals surface area contributed by atoms with Crippen molar-refractivity contribution in [3.8, 4) is 0 Å². The lowest BCUT2D eigenvalue weighted by Gasteiger charge is -2.09. The fraction of sp³-hybridized carbons (Fsp3) is 0.333. The highest BCUT2D eigenvalue weighted by atomic mass is 14.8. The van der Waals surface area contributed by atoms with Crippen LogP contribution >= 0.6 is 0 Å². The zero-order valence-electron chi connectivity index (χ0n) is 8.09. The topological polar surface area (TPSA) is 41.8 Å². The van der Waals surface area contributed by atoms with Crippen LogP contribution in [0.3, 0.4) is 0 Å². The summed E-state index contributed by atoms with van der Waals surface area (Å²) in [4.78, 5) is 3.23. The Hall–Kier alpha value is -1.28. The first-order chi connectivity index (χ1) is 6.77. The normalized spacial score (nSPS) is 18.6. The Morgan fingerprint density at radius 3 is 2.93 bits per heavy atom. The lowest BCUT2D eigenvalue weighted by Crippen LogP contribution is -2.24. The van der Waals surface area contributed by atoms with E-state index in [1.165, 1.54) is 29.3 Å². The number of nitrogens with one attached hydrogen (secondary N) is 1. The Morgan fingerprint density at radius 2 is 2.14 bits per heavy atom. The highest BCUT2D eigenvalue weighted by molar-refractivity contribution is 5.83. The summed E-state index contributed by atoms with van der Waals surface area (Å²) in [5.74, 6) is 0. The van der Waals surface area contributed by atoms with Crippen LogP contribution < -0.4 is 5.73 Å². The van der Waals surface area contributed by atoms with Gasteiger partial charge >= 0.3 is 0 Å². The van der Waals surface area contributed by atoms with Crippen LogP contribution in [-0.4, -0.2) is 10.5 Å². The number of aromatic amines is 1. The fourth-order valence-corrected chi connectivity index (χ4v) is 2.02. The molecule has 0 atom stereocenters. The molecule has 14 heavy (non-hydrogen) atoms. The summed E-state index contributed by atoms with van der Waals surface area (Å²) in [5.41, 5.74) is 8.82. The zero-order valence-corrected chi connectivity index (χ0v) is 8.09. The van der Waals surface area contributed by atoms with Gasteiger partial charge < -0.3 is 10.7 Å². The van der Waals surface area contributed by atoms with Gasteiger partial charge in [-0.2, -0.15) is 0 Å². The minimum atomic E-state index is 0.103. The van der Waals surface area contributed by atoms with Crippen molar-refractivity contribution in [2.24, 2.45) is 5.73 Å². The van der Waals surface area contributed by atoms with Crippen LogP contribution in [0.5, 0.6) is 0 Å². The smallest absolute Gasteiger partial charge is 0.0456 e. The maximum absolute atomic E-state index is 6.13. The van der Waals surface area contributed by atoms with E-state index < -0.39 is 0 Å². The largest absolute Gasteiger partial charge is 0.361 e. The summed E-state index contributed by atoms with van der Waals surface area (Å²) in [6.07, 6.45) is 5.36. The van der Waals surface area contributed by atoms with Gasteiger partial charge in [-0.15, -0.1) is 0 Å². The van der Waals surface area contributed by atoms with Crippen LogP contribution in [0.1, 0.15) is 18.4 Å². The molecule has 3 N–H and O–H groups in total. The molecule has 0 saturated heterocycles. The summed E-state index contributed by atoms with van der Waals surface area (Å²) in [6.45, 7) is 0. The first kappa shape index (κ1) is 8.06. The lowest BCUT2D eigenvalue weighted by atomic mass is 10.0. The van der Waals surface area contributed by atoms with Crippen molar-refractivity contribution in [2.45, 2.75) is 24.8 Å². The highest BCUT2D eigenvalue weighted by Crippen LogP contribution is 2.36. The molecule has 72 valence electrons. The summed E-state index contributed by atoms with van der Waals surface area (Å²) in [5, 5.41) is 1.32. The summed E-state index contributed by atoms with van der Waals surface area (Å²) in [7, 11) is 0. The number of aromatic nitrogens is 1. The molecule has 0 amide bonds. The lowest BCUT2D eigenvalue weighted by molar-refractivity contribution is 0.675. The Bertz CT molecular complexity index is 466. The Kier molecular flexibility index (Phi) is 1.50. The number of H-pyrrole nitrogens is 1. The molecule has 2 nitrogen and oxygen atoms in total. The molecule has 0 unspecified atom stereocenters. The molecular weight excluding hydrogens is 172 g/mol. The van der Waals surface area contributed by atoms with Crippen molar-refractivity contribution >= 4 is 10.9 Å². The van der Waals surface area contributed by atoms with Crippen LogP contribution in [0.15, 0.2) is 30.5 Å². The van der Waals surface area contributed by atoms with E-state index >= 15 is 0 Å². The van der Waals surface area contributed by atoms with Crippen molar-refractivity contribution in [2.75, 3.05) is 0 Å². The van der Waals surface area contributed by atoms with Crippen molar-refractivity contribution in [3.63, 3.8) is 0 Å². The minimum absolute atomic E-state index is 0.103. The highest BCUT2D eigenvalue weighted by Gasteiger charge is 2.38. The van der Waals surface area contributed by atoms with Crippen LogP contribution in [0, 0.1) is 0 Å². The van der Waals surface area contributed by atoms with Crippen LogP contribution in [-0.2, 0) is 6.42 Å².